The van der Waals surface area contributed by atoms with Gasteiger partial charge >= 0.3 is 12.1 Å². The molecule has 0 aliphatic carbocycles. The SMILES string of the molecule is COC(=O)c1cc2c(cc1C(F)(F)F)OC(C)(c1cc(Br)ccc1F)C(=O)C2. The van der Waals surface area contributed by atoms with Crippen LogP contribution in [-0.2, 0) is 27.7 Å². The van der Waals surface area contributed by atoms with Crippen LogP contribution in [0.15, 0.2) is 34.8 Å². The maximum Gasteiger partial charge on any atom is 0.417 e. The van der Waals surface area contributed by atoms with Crippen molar-refractivity contribution in [1.29, 1.82) is 0 Å². The van der Waals surface area contributed by atoms with Gasteiger partial charge in [-0.15, -0.1) is 0 Å². The summed E-state index contributed by atoms with van der Waals surface area (Å²) in [5, 5.41) is 0. The average molecular weight is 461 g/mol. The predicted molar refractivity (Wildman–Crippen MR) is 93.6 cm³/mol. The number of Topliss-reactive ketones (excluding diaryl/α,β-unsaturated/α-hetero) is 1. The van der Waals surface area contributed by atoms with E-state index in [1.165, 1.54) is 19.1 Å². The van der Waals surface area contributed by atoms with Gasteiger partial charge in [0.1, 0.15) is 11.6 Å². The van der Waals surface area contributed by atoms with Crippen molar-refractivity contribution >= 4 is 27.7 Å². The number of hydrogen-bond acceptors (Lipinski definition) is 4. The van der Waals surface area contributed by atoms with Crippen LogP contribution in [0.3, 0.4) is 0 Å². The van der Waals surface area contributed by atoms with Gasteiger partial charge in [-0.05, 0) is 37.3 Å². The van der Waals surface area contributed by atoms with Crippen LogP contribution in [0.2, 0.25) is 0 Å². The summed E-state index contributed by atoms with van der Waals surface area (Å²) >= 11 is 3.18. The molecule has 3 rings (SSSR count). The molecule has 0 bridgehead atoms. The van der Waals surface area contributed by atoms with E-state index in [0.29, 0.717) is 10.5 Å². The van der Waals surface area contributed by atoms with Gasteiger partial charge in [0.05, 0.1) is 18.2 Å². The summed E-state index contributed by atoms with van der Waals surface area (Å²) in [7, 11) is 0.955. The van der Waals surface area contributed by atoms with Crippen molar-refractivity contribution in [3.8, 4) is 5.75 Å². The molecule has 0 saturated heterocycles. The number of carbonyl (C=O) groups excluding carboxylic acids is 2. The molecule has 0 aromatic heterocycles. The van der Waals surface area contributed by atoms with Gasteiger partial charge < -0.3 is 9.47 Å². The fourth-order valence-electron chi connectivity index (χ4n) is 3.06. The molecule has 0 saturated carbocycles. The van der Waals surface area contributed by atoms with Gasteiger partial charge in [0.2, 0.25) is 0 Å². The van der Waals surface area contributed by atoms with Crippen LogP contribution in [0.25, 0.3) is 0 Å². The average Bonchev–Trinajstić information content (AvgIpc) is 2.62. The van der Waals surface area contributed by atoms with E-state index in [9.17, 15) is 27.2 Å². The molecule has 0 N–H and O–H groups in total. The zero-order chi connectivity index (χ0) is 20.9. The van der Waals surface area contributed by atoms with Gasteiger partial charge in [-0.2, -0.15) is 13.2 Å². The van der Waals surface area contributed by atoms with Crippen molar-refractivity contribution in [2.45, 2.75) is 25.1 Å². The quantitative estimate of drug-likeness (QED) is 0.476. The Labute approximate surface area is 165 Å². The number of hydrogen-bond donors (Lipinski definition) is 0. The summed E-state index contributed by atoms with van der Waals surface area (Å²) in [5.74, 6) is -2.73. The highest BCUT2D eigenvalue weighted by Gasteiger charge is 2.45. The zero-order valence-corrected chi connectivity index (χ0v) is 16.2. The van der Waals surface area contributed by atoms with Gasteiger partial charge in [-0.25, -0.2) is 9.18 Å². The van der Waals surface area contributed by atoms with Gasteiger partial charge in [0.15, 0.2) is 11.4 Å². The van der Waals surface area contributed by atoms with E-state index in [0.717, 1.165) is 19.2 Å². The highest BCUT2D eigenvalue weighted by atomic mass is 79.9. The molecule has 28 heavy (non-hydrogen) atoms. The molecule has 1 heterocycles. The Morgan fingerprint density at radius 3 is 2.54 bits per heavy atom. The second kappa shape index (κ2) is 6.88. The highest BCUT2D eigenvalue weighted by Crippen LogP contribution is 2.43. The van der Waals surface area contributed by atoms with Crippen LogP contribution in [-0.4, -0.2) is 18.9 Å². The summed E-state index contributed by atoms with van der Waals surface area (Å²) < 4.78 is 65.1. The van der Waals surface area contributed by atoms with Gasteiger partial charge in [-0.1, -0.05) is 15.9 Å². The maximum absolute atomic E-state index is 14.3. The van der Waals surface area contributed by atoms with E-state index in [1.54, 1.807) is 0 Å². The highest BCUT2D eigenvalue weighted by molar-refractivity contribution is 9.10. The molecule has 0 radical (unpaired) electrons. The second-order valence-corrected chi connectivity index (χ2v) is 7.27. The molecular weight excluding hydrogens is 448 g/mol. The van der Waals surface area contributed by atoms with Crippen LogP contribution in [0.5, 0.6) is 5.75 Å². The first-order valence-corrected chi connectivity index (χ1v) is 8.77. The Morgan fingerprint density at radius 1 is 1.25 bits per heavy atom. The Morgan fingerprint density at radius 2 is 1.93 bits per heavy atom. The summed E-state index contributed by atoms with van der Waals surface area (Å²) in [5.41, 5.74) is -3.82. The summed E-state index contributed by atoms with van der Waals surface area (Å²) in [4.78, 5) is 24.5. The minimum absolute atomic E-state index is 0.0891. The molecule has 1 unspecified atom stereocenters. The lowest BCUT2D eigenvalue weighted by molar-refractivity contribution is -0.138. The third kappa shape index (κ3) is 3.39. The first-order valence-electron chi connectivity index (χ1n) is 7.97. The fourth-order valence-corrected chi connectivity index (χ4v) is 3.42. The van der Waals surface area contributed by atoms with E-state index in [-0.39, 0.29) is 23.3 Å². The largest absolute Gasteiger partial charge is 0.475 e. The number of benzene rings is 2. The minimum atomic E-state index is -4.86. The van der Waals surface area contributed by atoms with Crippen LogP contribution in [0.1, 0.15) is 34.0 Å². The zero-order valence-electron chi connectivity index (χ0n) is 14.6. The number of alkyl halides is 3. The topological polar surface area (TPSA) is 52.6 Å². The Bertz CT molecular complexity index is 987. The minimum Gasteiger partial charge on any atom is -0.475 e. The van der Waals surface area contributed by atoms with E-state index < -0.39 is 40.5 Å². The maximum atomic E-state index is 14.3. The number of fused-ring (bicyclic) bond motifs is 1. The lowest BCUT2D eigenvalue weighted by Gasteiger charge is -2.35. The van der Waals surface area contributed by atoms with Crippen LogP contribution in [0.4, 0.5) is 17.6 Å². The third-order valence-corrected chi connectivity index (χ3v) is 5.04. The molecule has 1 atom stereocenters. The predicted octanol–water partition coefficient (Wildman–Crippen LogP) is 4.81. The Hall–Kier alpha value is -2.42. The van der Waals surface area contributed by atoms with Crippen LogP contribution < -0.4 is 4.74 Å². The number of methoxy groups -OCH3 is 1. The number of rotatable bonds is 2. The standard InChI is InChI=1S/C19H13BrF4O4/c1-18(13-7-10(20)3-4-14(13)21)16(25)6-9-5-11(17(26)27-2)12(19(22,23)24)8-15(9)28-18/h3-5,7-8H,6H2,1-2H3. The molecule has 1 aliphatic heterocycles. The molecule has 0 fully saturated rings. The summed E-state index contributed by atoms with van der Waals surface area (Å²) in [6, 6.07) is 5.46. The summed E-state index contributed by atoms with van der Waals surface area (Å²) in [6.45, 7) is 1.30. The fraction of sp³-hybridized carbons (Fsp3) is 0.263. The Balaban J connectivity index is 2.17. The number of halogens is 5. The number of esters is 1. The molecule has 0 spiro atoms. The molecule has 2 aromatic carbocycles. The van der Waals surface area contributed by atoms with Gasteiger partial charge in [0.25, 0.3) is 0 Å². The Kier molecular flexibility index (Phi) is 4.99. The van der Waals surface area contributed by atoms with Crippen molar-refractivity contribution in [1.82, 2.24) is 0 Å². The number of carbonyl (C=O) groups is 2. The molecule has 9 heteroatoms. The van der Waals surface area contributed by atoms with Crippen molar-refractivity contribution in [3.05, 3.63) is 62.9 Å². The molecule has 2 aromatic rings. The number of ketones is 1. The van der Waals surface area contributed by atoms with Crippen molar-refractivity contribution in [2.24, 2.45) is 0 Å². The lowest BCUT2D eigenvalue weighted by atomic mass is 9.84. The second-order valence-electron chi connectivity index (χ2n) is 6.35. The molecule has 148 valence electrons. The van der Waals surface area contributed by atoms with E-state index in [1.807, 2.05) is 0 Å². The normalized spacial score (nSPS) is 19.0. The van der Waals surface area contributed by atoms with Gasteiger partial charge in [-0.3, -0.25) is 4.79 Å². The smallest absolute Gasteiger partial charge is 0.417 e. The van der Waals surface area contributed by atoms with Gasteiger partial charge in [0, 0.05) is 22.0 Å². The van der Waals surface area contributed by atoms with E-state index >= 15 is 0 Å². The third-order valence-electron chi connectivity index (χ3n) is 4.55. The first kappa shape index (κ1) is 20.3. The lowest BCUT2D eigenvalue weighted by Crippen LogP contribution is -2.44. The monoisotopic (exact) mass is 460 g/mol. The van der Waals surface area contributed by atoms with Crippen molar-refractivity contribution < 1.29 is 36.6 Å². The molecule has 1 aliphatic rings. The van der Waals surface area contributed by atoms with Crippen LogP contribution >= 0.6 is 15.9 Å². The summed E-state index contributed by atoms with van der Waals surface area (Å²) in [6.07, 6.45) is -5.19. The van der Waals surface area contributed by atoms with Crippen molar-refractivity contribution in [3.63, 3.8) is 0 Å². The number of ether oxygens (including phenoxy) is 2. The molecule has 4 nitrogen and oxygen atoms in total. The first-order chi connectivity index (χ1) is 13.0. The van der Waals surface area contributed by atoms with Crippen LogP contribution in [0, 0.1) is 5.82 Å². The van der Waals surface area contributed by atoms with E-state index in [2.05, 4.69) is 20.7 Å². The van der Waals surface area contributed by atoms with E-state index in [4.69, 9.17) is 4.74 Å². The molecular formula is C19H13BrF4O4. The van der Waals surface area contributed by atoms with Crippen molar-refractivity contribution in [2.75, 3.05) is 7.11 Å². The molecule has 0 amide bonds.